The minimum atomic E-state index is -0.893. The first-order valence-corrected chi connectivity index (χ1v) is 7.00. The minimum Gasteiger partial charge on any atom is -0.480 e. The molecule has 1 aliphatic heterocycles. The van der Waals surface area contributed by atoms with Crippen LogP contribution < -0.4 is 0 Å². The smallest absolute Gasteiger partial charge is 0.326 e. The van der Waals surface area contributed by atoms with E-state index in [0.717, 1.165) is 24.1 Å². The molecule has 0 saturated carbocycles. The van der Waals surface area contributed by atoms with Crippen LogP contribution in [-0.2, 0) is 23.1 Å². The van der Waals surface area contributed by atoms with Gasteiger partial charge in [0.2, 0.25) is 5.91 Å². The molecule has 0 bridgehead atoms. The molecule has 0 aliphatic carbocycles. The number of rotatable bonds is 4. The summed E-state index contributed by atoms with van der Waals surface area (Å²) >= 11 is 0. The van der Waals surface area contributed by atoms with Crippen LogP contribution in [-0.4, -0.2) is 44.3 Å². The normalized spacial score (nSPS) is 19.1. The SMILES string of the molecule is Cc1nn(C)cc1CCC(=O)N1CCCC[C@@H]1C(=O)O. The lowest BCUT2D eigenvalue weighted by molar-refractivity contribution is -0.152. The van der Waals surface area contributed by atoms with Crippen molar-refractivity contribution in [2.45, 2.75) is 45.1 Å². The first kappa shape index (κ1) is 14.6. The standard InChI is InChI=1S/C14H21N3O3/c1-10-11(9-16(2)15-10)6-7-13(18)17-8-4-3-5-12(17)14(19)20/h9,12H,3-8H2,1-2H3,(H,19,20)/t12-/m1/s1. The summed E-state index contributed by atoms with van der Waals surface area (Å²) in [6, 6.07) is -0.647. The van der Waals surface area contributed by atoms with E-state index in [2.05, 4.69) is 5.10 Å². The summed E-state index contributed by atoms with van der Waals surface area (Å²) < 4.78 is 1.73. The minimum absolute atomic E-state index is 0.0691. The van der Waals surface area contributed by atoms with E-state index >= 15 is 0 Å². The predicted molar refractivity (Wildman–Crippen MR) is 73.3 cm³/mol. The summed E-state index contributed by atoms with van der Waals surface area (Å²) in [5.41, 5.74) is 1.97. The molecule has 1 aliphatic rings. The van der Waals surface area contributed by atoms with E-state index in [0.29, 0.717) is 25.8 Å². The van der Waals surface area contributed by atoms with Gasteiger partial charge in [-0.1, -0.05) is 0 Å². The molecule has 0 radical (unpaired) electrons. The lowest BCUT2D eigenvalue weighted by atomic mass is 10.0. The fourth-order valence-corrected chi connectivity index (χ4v) is 2.77. The Hall–Kier alpha value is -1.85. The molecule has 1 aromatic rings. The third kappa shape index (κ3) is 3.18. The van der Waals surface area contributed by atoms with Crippen LogP contribution in [0, 0.1) is 6.92 Å². The summed E-state index contributed by atoms with van der Waals surface area (Å²) in [6.07, 6.45) is 5.20. The van der Waals surface area contributed by atoms with Crippen LogP contribution in [0.5, 0.6) is 0 Å². The van der Waals surface area contributed by atoms with Crippen molar-refractivity contribution < 1.29 is 14.7 Å². The van der Waals surface area contributed by atoms with Gasteiger partial charge in [-0.3, -0.25) is 9.48 Å². The van der Waals surface area contributed by atoms with Gasteiger partial charge < -0.3 is 10.0 Å². The van der Waals surface area contributed by atoms with Crippen LogP contribution in [0.15, 0.2) is 6.20 Å². The number of hydrogen-bond donors (Lipinski definition) is 1. The second-order valence-electron chi connectivity index (χ2n) is 5.35. The molecule has 1 fully saturated rings. The van der Waals surface area contributed by atoms with Gasteiger partial charge in [-0.25, -0.2) is 4.79 Å². The summed E-state index contributed by atoms with van der Waals surface area (Å²) in [5.74, 6) is -0.962. The highest BCUT2D eigenvalue weighted by Gasteiger charge is 2.31. The third-order valence-electron chi connectivity index (χ3n) is 3.83. The molecule has 1 amide bonds. The van der Waals surface area contributed by atoms with Crippen molar-refractivity contribution in [1.82, 2.24) is 14.7 Å². The Balaban J connectivity index is 1.96. The van der Waals surface area contributed by atoms with Gasteiger partial charge in [0.05, 0.1) is 5.69 Å². The molecule has 110 valence electrons. The number of aromatic nitrogens is 2. The second-order valence-corrected chi connectivity index (χ2v) is 5.35. The molecule has 6 heteroatoms. The molecule has 0 unspecified atom stereocenters. The van der Waals surface area contributed by atoms with Gasteiger partial charge in [-0.05, 0) is 38.2 Å². The third-order valence-corrected chi connectivity index (χ3v) is 3.83. The maximum atomic E-state index is 12.2. The maximum absolute atomic E-state index is 12.2. The fraction of sp³-hybridized carbons (Fsp3) is 0.643. The number of carboxylic acids is 1. The molecular weight excluding hydrogens is 258 g/mol. The van der Waals surface area contributed by atoms with Crippen molar-refractivity contribution in [3.05, 3.63) is 17.5 Å². The van der Waals surface area contributed by atoms with E-state index in [1.54, 1.807) is 4.68 Å². The highest BCUT2D eigenvalue weighted by Crippen LogP contribution is 2.19. The van der Waals surface area contributed by atoms with E-state index < -0.39 is 12.0 Å². The van der Waals surface area contributed by atoms with Crippen molar-refractivity contribution in [1.29, 1.82) is 0 Å². The fourth-order valence-electron chi connectivity index (χ4n) is 2.77. The molecule has 0 spiro atoms. The molecule has 1 N–H and O–H groups in total. The molecule has 6 nitrogen and oxygen atoms in total. The van der Waals surface area contributed by atoms with E-state index in [-0.39, 0.29) is 5.91 Å². The van der Waals surface area contributed by atoms with Gasteiger partial charge in [0.15, 0.2) is 0 Å². The summed E-state index contributed by atoms with van der Waals surface area (Å²) in [5, 5.41) is 13.4. The zero-order valence-corrected chi connectivity index (χ0v) is 12.0. The van der Waals surface area contributed by atoms with Gasteiger partial charge in [-0.15, -0.1) is 0 Å². The highest BCUT2D eigenvalue weighted by molar-refractivity contribution is 5.84. The number of amides is 1. The first-order chi connectivity index (χ1) is 9.49. The quantitative estimate of drug-likeness (QED) is 0.896. The van der Waals surface area contributed by atoms with Gasteiger partial charge >= 0.3 is 5.97 Å². The average Bonchev–Trinajstić information content (AvgIpc) is 2.74. The van der Waals surface area contributed by atoms with Crippen LogP contribution in [0.4, 0.5) is 0 Å². The molecular formula is C14H21N3O3. The Bertz CT molecular complexity index is 510. The Labute approximate surface area is 118 Å². The summed E-state index contributed by atoms with van der Waals surface area (Å²) in [6.45, 7) is 2.47. The van der Waals surface area contributed by atoms with Crippen molar-refractivity contribution in [3.8, 4) is 0 Å². The molecule has 1 saturated heterocycles. The van der Waals surface area contributed by atoms with Gasteiger partial charge in [-0.2, -0.15) is 5.10 Å². The molecule has 0 aromatic carbocycles. The van der Waals surface area contributed by atoms with Crippen molar-refractivity contribution >= 4 is 11.9 Å². The number of nitrogens with zero attached hydrogens (tertiary/aromatic N) is 3. The molecule has 2 rings (SSSR count). The van der Waals surface area contributed by atoms with Crippen LogP contribution in [0.1, 0.15) is 36.9 Å². The van der Waals surface area contributed by atoms with Crippen LogP contribution >= 0.6 is 0 Å². The van der Waals surface area contributed by atoms with E-state index in [1.165, 1.54) is 4.90 Å². The molecule has 2 heterocycles. The average molecular weight is 279 g/mol. The predicted octanol–water partition coefficient (Wildman–Crippen LogP) is 1.13. The Kier molecular flexibility index (Phi) is 4.42. The van der Waals surface area contributed by atoms with Crippen LogP contribution in [0.2, 0.25) is 0 Å². The number of likely N-dealkylation sites (tertiary alicyclic amines) is 1. The van der Waals surface area contributed by atoms with Crippen LogP contribution in [0.25, 0.3) is 0 Å². The number of carbonyl (C=O) groups is 2. The number of hydrogen-bond acceptors (Lipinski definition) is 3. The van der Waals surface area contributed by atoms with E-state index in [4.69, 9.17) is 0 Å². The lowest BCUT2D eigenvalue weighted by Crippen LogP contribution is -2.48. The van der Waals surface area contributed by atoms with Crippen molar-refractivity contribution in [2.75, 3.05) is 6.54 Å². The van der Waals surface area contributed by atoms with Crippen molar-refractivity contribution in [3.63, 3.8) is 0 Å². The van der Waals surface area contributed by atoms with Gasteiger partial charge in [0, 0.05) is 26.2 Å². The molecule has 1 aromatic heterocycles. The Morgan fingerprint density at radius 3 is 2.80 bits per heavy atom. The van der Waals surface area contributed by atoms with E-state index in [1.807, 2.05) is 20.2 Å². The van der Waals surface area contributed by atoms with Gasteiger partial charge in [0.25, 0.3) is 0 Å². The zero-order valence-electron chi connectivity index (χ0n) is 12.0. The van der Waals surface area contributed by atoms with Crippen molar-refractivity contribution in [2.24, 2.45) is 7.05 Å². The highest BCUT2D eigenvalue weighted by atomic mass is 16.4. The number of carboxylic acid groups (broad SMARTS) is 1. The topological polar surface area (TPSA) is 75.4 Å². The number of aryl methyl sites for hydroxylation is 3. The zero-order chi connectivity index (χ0) is 14.7. The number of piperidine rings is 1. The largest absolute Gasteiger partial charge is 0.480 e. The van der Waals surface area contributed by atoms with Gasteiger partial charge in [0.1, 0.15) is 6.04 Å². The Morgan fingerprint density at radius 1 is 1.45 bits per heavy atom. The second kappa shape index (κ2) is 6.07. The van der Waals surface area contributed by atoms with E-state index in [9.17, 15) is 14.7 Å². The number of aliphatic carboxylic acids is 1. The summed E-state index contributed by atoms with van der Waals surface area (Å²) in [7, 11) is 1.85. The first-order valence-electron chi connectivity index (χ1n) is 7.00. The lowest BCUT2D eigenvalue weighted by Gasteiger charge is -2.33. The Morgan fingerprint density at radius 2 is 2.20 bits per heavy atom. The summed E-state index contributed by atoms with van der Waals surface area (Å²) in [4.78, 5) is 25.0. The maximum Gasteiger partial charge on any atom is 0.326 e. The molecule has 20 heavy (non-hydrogen) atoms. The van der Waals surface area contributed by atoms with Crippen LogP contribution in [0.3, 0.4) is 0 Å². The number of carbonyl (C=O) groups excluding carboxylic acids is 1. The monoisotopic (exact) mass is 279 g/mol. The molecule has 1 atom stereocenters.